The second-order valence-electron chi connectivity index (χ2n) is 12.4. The minimum absolute atomic E-state index is 0.0892. The first kappa shape index (κ1) is 24.8. The highest BCUT2D eigenvalue weighted by atomic mass is 16.5. The molecule has 4 aliphatic heterocycles. The van der Waals surface area contributed by atoms with E-state index in [-0.39, 0.29) is 34.6 Å². The number of nitrogens with zero attached hydrogens (tertiary/aromatic N) is 2. The highest BCUT2D eigenvalue weighted by molar-refractivity contribution is 6.01. The Balaban J connectivity index is 1.17. The van der Waals surface area contributed by atoms with Gasteiger partial charge in [0.25, 0.3) is 5.91 Å². The summed E-state index contributed by atoms with van der Waals surface area (Å²) in [6, 6.07) is 5.55. The Morgan fingerprint density at radius 1 is 1.08 bits per heavy atom. The van der Waals surface area contributed by atoms with E-state index in [4.69, 9.17) is 14.2 Å². The fraction of sp³-hybridized carbons (Fsp3) is 0.679. The Kier molecular flexibility index (Phi) is 6.28. The van der Waals surface area contributed by atoms with E-state index in [2.05, 4.69) is 23.7 Å². The molecule has 1 aromatic carbocycles. The molecule has 2 saturated heterocycles. The zero-order valence-corrected chi connectivity index (χ0v) is 21.8. The number of carbonyl (C=O) groups is 2. The monoisotopic (exact) mass is 512 g/mol. The van der Waals surface area contributed by atoms with E-state index in [1.165, 1.54) is 0 Å². The first-order valence-corrected chi connectivity index (χ1v) is 13.6. The molecular formula is C28H38N3O6+. The molecule has 37 heavy (non-hydrogen) atoms. The number of aliphatic hydroxyl groups is 1. The highest BCUT2D eigenvalue weighted by Crippen LogP contribution is 2.38. The second kappa shape index (κ2) is 9.36. The molecule has 9 nitrogen and oxygen atoms in total. The number of ether oxygens (including phenoxy) is 3. The summed E-state index contributed by atoms with van der Waals surface area (Å²) in [5, 5.41) is 10.3. The Morgan fingerprint density at radius 2 is 1.78 bits per heavy atom. The fourth-order valence-corrected chi connectivity index (χ4v) is 6.63. The van der Waals surface area contributed by atoms with Crippen molar-refractivity contribution in [3.63, 3.8) is 0 Å². The predicted octanol–water partition coefficient (Wildman–Crippen LogP) is 1.04. The van der Waals surface area contributed by atoms with Crippen molar-refractivity contribution in [3.8, 4) is 5.75 Å². The van der Waals surface area contributed by atoms with Crippen LogP contribution in [-0.2, 0) is 20.8 Å². The third-order valence-electron chi connectivity index (χ3n) is 8.66. The second-order valence-corrected chi connectivity index (χ2v) is 12.4. The third kappa shape index (κ3) is 4.77. The van der Waals surface area contributed by atoms with Crippen LogP contribution in [0, 0.1) is 10.8 Å². The van der Waals surface area contributed by atoms with E-state index < -0.39 is 6.04 Å². The number of fused-ring (bicyclic) bond motifs is 1. The van der Waals surface area contributed by atoms with Crippen LogP contribution in [0.3, 0.4) is 0 Å². The lowest BCUT2D eigenvalue weighted by Crippen LogP contribution is -2.82. The van der Waals surface area contributed by atoms with Crippen molar-refractivity contribution in [1.29, 1.82) is 0 Å². The number of benzene rings is 1. The van der Waals surface area contributed by atoms with Gasteiger partial charge in [0, 0.05) is 42.1 Å². The van der Waals surface area contributed by atoms with Crippen LogP contribution >= 0.6 is 0 Å². The molecule has 1 saturated carbocycles. The first-order chi connectivity index (χ1) is 17.7. The lowest BCUT2D eigenvalue weighted by atomic mass is 9.83. The minimum Gasteiger partial charge on any atom is -0.489 e. The van der Waals surface area contributed by atoms with Crippen molar-refractivity contribution in [2.45, 2.75) is 70.7 Å². The van der Waals surface area contributed by atoms with Gasteiger partial charge in [-0.25, -0.2) is 4.79 Å². The van der Waals surface area contributed by atoms with E-state index in [1.807, 2.05) is 18.2 Å². The topological polar surface area (TPSA) is 103 Å². The molecule has 1 aliphatic carbocycles. The lowest BCUT2D eigenvalue weighted by molar-refractivity contribution is -0.394. The number of nitrogens with one attached hydrogen (secondary N) is 1. The van der Waals surface area contributed by atoms with Crippen molar-refractivity contribution < 1.29 is 33.9 Å². The van der Waals surface area contributed by atoms with Gasteiger partial charge in [-0.3, -0.25) is 9.69 Å². The molecule has 5 aliphatic rings. The van der Waals surface area contributed by atoms with Crippen LogP contribution in [0.5, 0.6) is 5.75 Å². The van der Waals surface area contributed by atoms with Crippen LogP contribution in [0.4, 0.5) is 0 Å². The Hall–Kier alpha value is -2.49. The van der Waals surface area contributed by atoms with Gasteiger partial charge in [-0.05, 0) is 49.4 Å². The van der Waals surface area contributed by atoms with Gasteiger partial charge in [0.2, 0.25) is 0 Å². The number of amides is 2. The van der Waals surface area contributed by atoms with Gasteiger partial charge in [0.1, 0.15) is 11.9 Å². The largest absolute Gasteiger partial charge is 0.489 e. The quantitative estimate of drug-likeness (QED) is 0.537. The summed E-state index contributed by atoms with van der Waals surface area (Å²) in [6.45, 7) is 10.2. The number of hydrogen-bond donors (Lipinski definition) is 2. The summed E-state index contributed by atoms with van der Waals surface area (Å²) in [6.07, 6.45) is 4.05. The van der Waals surface area contributed by atoms with E-state index in [0.717, 1.165) is 70.1 Å². The summed E-state index contributed by atoms with van der Waals surface area (Å²) in [5.41, 5.74) is 1.91. The van der Waals surface area contributed by atoms with Gasteiger partial charge in [0.05, 0.1) is 32.8 Å². The van der Waals surface area contributed by atoms with Gasteiger partial charge in [-0.15, -0.1) is 4.99 Å². The number of hydrogen-bond acceptors (Lipinski definition) is 6. The van der Waals surface area contributed by atoms with Crippen molar-refractivity contribution >= 4 is 17.7 Å². The number of carbonyl (C=O) groups excluding carboxylic acids is 2. The van der Waals surface area contributed by atoms with E-state index in [0.29, 0.717) is 31.0 Å². The zero-order chi connectivity index (χ0) is 25.8. The maximum absolute atomic E-state index is 13.1. The molecule has 3 fully saturated rings. The smallest absolute Gasteiger partial charge is 0.388 e. The van der Waals surface area contributed by atoms with Crippen LogP contribution in [0.2, 0.25) is 0 Å². The average molecular weight is 513 g/mol. The fourth-order valence-electron chi connectivity index (χ4n) is 6.63. The molecular weight excluding hydrogens is 474 g/mol. The molecule has 2 amide bonds. The molecule has 3 atom stereocenters. The normalized spacial score (nSPS) is 30.1. The predicted molar refractivity (Wildman–Crippen MR) is 134 cm³/mol. The van der Waals surface area contributed by atoms with Crippen LogP contribution in [0.15, 0.2) is 18.2 Å². The van der Waals surface area contributed by atoms with Crippen molar-refractivity contribution in [1.82, 2.24) is 9.80 Å². The van der Waals surface area contributed by atoms with Crippen molar-refractivity contribution in [3.05, 3.63) is 29.3 Å². The van der Waals surface area contributed by atoms with Crippen molar-refractivity contribution in [2.24, 2.45) is 10.8 Å². The SMILES string of the molecule is CC1(CN(CC2(C)COC2)[C@H]2CCC[C@@H]2Oc2ccc3c(c2)CN(C2CCC(=O)[NH+]=C2O)C3=O)COC1. The highest BCUT2D eigenvalue weighted by Gasteiger charge is 2.45. The standard InChI is InChI=1S/C28H37N3O6/c1-27(14-35-15-27)12-30(13-28(2)16-36-17-28)21-4-3-5-23(21)37-19-6-7-20-18(10-19)11-31(26(20)34)22-8-9-24(32)29-25(22)33/h6-7,10,21-23H,3-5,8-9,11-17H2,1-2H3,(H,29,32,33)/p+1/t21-,22?,23-/m0/s1. The first-order valence-electron chi connectivity index (χ1n) is 13.6. The molecule has 1 aromatic rings. The molecule has 200 valence electrons. The molecule has 2 N–H and O–H groups in total. The molecule has 0 bridgehead atoms. The van der Waals surface area contributed by atoms with E-state index >= 15 is 0 Å². The van der Waals surface area contributed by atoms with Crippen LogP contribution < -0.4 is 9.73 Å². The Labute approximate surface area is 217 Å². The Bertz CT molecular complexity index is 1090. The van der Waals surface area contributed by atoms with Crippen molar-refractivity contribution in [2.75, 3.05) is 39.5 Å². The van der Waals surface area contributed by atoms with Crippen LogP contribution in [0.1, 0.15) is 61.9 Å². The molecule has 0 radical (unpaired) electrons. The van der Waals surface area contributed by atoms with Crippen LogP contribution in [-0.4, -0.2) is 90.3 Å². The molecule has 6 rings (SSSR count). The number of aliphatic hydroxyl groups excluding tert-OH is 1. The van der Waals surface area contributed by atoms with Gasteiger partial charge >= 0.3 is 11.8 Å². The van der Waals surface area contributed by atoms with Gasteiger partial charge in [-0.2, -0.15) is 0 Å². The van der Waals surface area contributed by atoms with E-state index in [1.54, 1.807) is 4.90 Å². The summed E-state index contributed by atoms with van der Waals surface area (Å²) in [7, 11) is 0. The van der Waals surface area contributed by atoms with Gasteiger partial charge in [-0.1, -0.05) is 13.8 Å². The molecule has 1 unspecified atom stereocenters. The molecule has 0 spiro atoms. The summed E-state index contributed by atoms with van der Waals surface area (Å²) in [4.78, 5) is 31.4. The van der Waals surface area contributed by atoms with Crippen LogP contribution in [0.25, 0.3) is 0 Å². The van der Waals surface area contributed by atoms with Gasteiger partial charge in [0.15, 0.2) is 6.04 Å². The molecule has 4 heterocycles. The van der Waals surface area contributed by atoms with E-state index in [9.17, 15) is 14.7 Å². The maximum atomic E-state index is 13.1. The Morgan fingerprint density at radius 3 is 2.41 bits per heavy atom. The molecule has 0 aromatic heterocycles. The summed E-state index contributed by atoms with van der Waals surface area (Å²) < 4.78 is 17.7. The number of rotatable bonds is 8. The summed E-state index contributed by atoms with van der Waals surface area (Å²) >= 11 is 0. The molecule has 9 heteroatoms. The summed E-state index contributed by atoms with van der Waals surface area (Å²) in [5.74, 6) is 0.308. The third-order valence-corrected chi connectivity index (χ3v) is 8.66. The average Bonchev–Trinajstić information content (AvgIpc) is 3.41. The lowest BCUT2D eigenvalue weighted by Gasteiger charge is -2.49. The maximum Gasteiger partial charge on any atom is 0.388 e. The zero-order valence-electron chi connectivity index (χ0n) is 21.8. The minimum atomic E-state index is -0.497. The van der Waals surface area contributed by atoms with Gasteiger partial charge < -0.3 is 24.2 Å².